The van der Waals surface area contributed by atoms with Gasteiger partial charge in [-0.25, -0.2) is 4.98 Å². The molecule has 1 heterocycles. The fourth-order valence-electron chi connectivity index (χ4n) is 1.62. The summed E-state index contributed by atoms with van der Waals surface area (Å²) in [6, 6.07) is 10.1. The van der Waals surface area contributed by atoms with E-state index in [0.717, 1.165) is 24.5 Å². The summed E-state index contributed by atoms with van der Waals surface area (Å²) in [4.78, 5) is 8.58. The molecule has 4 heteroatoms. The third-order valence-corrected chi connectivity index (χ3v) is 2.48. The normalized spacial score (nSPS) is 10.1. The van der Waals surface area contributed by atoms with Crippen LogP contribution in [0.3, 0.4) is 0 Å². The first-order valence-electron chi connectivity index (χ1n) is 6.18. The zero-order chi connectivity index (χ0) is 12.8. The Labute approximate surface area is 107 Å². The van der Waals surface area contributed by atoms with Crippen molar-refractivity contribution in [1.29, 1.82) is 0 Å². The van der Waals surface area contributed by atoms with Crippen LogP contribution in [0.2, 0.25) is 0 Å². The highest BCUT2D eigenvalue weighted by molar-refractivity contribution is 5.57. The van der Waals surface area contributed by atoms with Crippen molar-refractivity contribution in [2.45, 2.75) is 20.3 Å². The Kier molecular flexibility index (Phi) is 4.12. The van der Waals surface area contributed by atoms with E-state index in [1.165, 1.54) is 5.56 Å². The smallest absolute Gasteiger partial charge is 0.224 e. The van der Waals surface area contributed by atoms with Crippen molar-refractivity contribution in [3.63, 3.8) is 0 Å². The van der Waals surface area contributed by atoms with Crippen LogP contribution in [0.1, 0.15) is 18.9 Å². The molecule has 0 radical (unpaired) electrons. The number of aromatic nitrogens is 2. The summed E-state index contributed by atoms with van der Waals surface area (Å²) in [6.45, 7) is 5.06. The average Bonchev–Trinajstić information content (AvgIpc) is 2.37. The molecule has 2 rings (SSSR count). The van der Waals surface area contributed by atoms with Crippen LogP contribution in [0, 0.1) is 6.92 Å². The molecule has 2 aromatic rings. The Morgan fingerprint density at radius 1 is 1.22 bits per heavy atom. The van der Waals surface area contributed by atoms with E-state index in [0.29, 0.717) is 5.95 Å². The number of nitrogens with zero attached hydrogens (tertiary/aromatic N) is 2. The number of benzene rings is 1. The molecule has 0 spiro atoms. The number of hydrogen-bond donors (Lipinski definition) is 2. The number of anilines is 3. The fraction of sp³-hybridized carbons (Fsp3) is 0.286. The van der Waals surface area contributed by atoms with Gasteiger partial charge in [0.05, 0.1) is 0 Å². The Hall–Kier alpha value is -2.10. The van der Waals surface area contributed by atoms with E-state index < -0.39 is 0 Å². The number of nitrogens with one attached hydrogen (secondary N) is 2. The maximum atomic E-state index is 4.40. The second-order valence-electron chi connectivity index (χ2n) is 4.19. The van der Waals surface area contributed by atoms with Gasteiger partial charge in [-0.15, -0.1) is 0 Å². The average molecular weight is 242 g/mol. The molecule has 0 amide bonds. The van der Waals surface area contributed by atoms with Gasteiger partial charge in [0.25, 0.3) is 0 Å². The molecule has 0 aliphatic rings. The second-order valence-corrected chi connectivity index (χ2v) is 4.19. The van der Waals surface area contributed by atoms with E-state index in [1.54, 1.807) is 6.20 Å². The van der Waals surface area contributed by atoms with Gasteiger partial charge in [-0.05, 0) is 37.1 Å². The van der Waals surface area contributed by atoms with Crippen LogP contribution < -0.4 is 10.6 Å². The minimum Gasteiger partial charge on any atom is -0.354 e. The van der Waals surface area contributed by atoms with Crippen molar-refractivity contribution in [2.75, 3.05) is 17.2 Å². The van der Waals surface area contributed by atoms with E-state index in [-0.39, 0.29) is 0 Å². The lowest BCUT2D eigenvalue weighted by Gasteiger charge is -2.08. The van der Waals surface area contributed by atoms with E-state index in [2.05, 4.69) is 46.6 Å². The molecule has 94 valence electrons. The Bertz CT molecular complexity index is 511. The van der Waals surface area contributed by atoms with Gasteiger partial charge in [0.1, 0.15) is 5.82 Å². The number of hydrogen-bond acceptors (Lipinski definition) is 4. The highest BCUT2D eigenvalue weighted by Gasteiger charge is 1.99. The predicted octanol–water partition coefficient (Wildman–Crippen LogP) is 3.35. The van der Waals surface area contributed by atoms with Crippen LogP contribution in [0.15, 0.2) is 36.5 Å². The van der Waals surface area contributed by atoms with Crippen LogP contribution in [0.4, 0.5) is 17.5 Å². The molecule has 0 saturated heterocycles. The first kappa shape index (κ1) is 12.4. The molecule has 1 aromatic heterocycles. The molecule has 0 fully saturated rings. The standard InChI is InChI=1S/C14H18N4/c1-3-8-15-14-16-9-7-13(18-14)17-12-6-4-5-11(2)10-12/h4-7,9-10H,3,8H2,1-2H3,(H2,15,16,17,18). The van der Waals surface area contributed by atoms with Crippen LogP contribution >= 0.6 is 0 Å². The lowest BCUT2D eigenvalue weighted by atomic mass is 10.2. The molecule has 0 bridgehead atoms. The Morgan fingerprint density at radius 3 is 2.89 bits per heavy atom. The lowest BCUT2D eigenvalue weighted by molar-refractivity contribution is 0.953. The van der Waals surface area contributed by atoms with Gasteiger partial charge < -0.3 is 10.6 Å². The summed E-state index contributed by atoms with van der Waals surface area (Å²) < 4.78 is 0. The molecule has 0 saturated carbocycles. The molecule has 2 N–H and O–H groups in total. The van der Waals surface area contributed by atoms with Crippen LogP contribution in [0.25, 0.3) is 0 Å². The first-order chi connectivity index (χ1) is 8.78. The van der Waals surface area contributed by atoms with Gasteiger partial charge >= 0.3 is 0 Å². The van der Waals surface area contributed by atoms with Crippen molar-refractivity contribution >= 4 is 17.5 Å². The molecule has 0 aliphatic heterocycles. The summed E-state index contributed by atoms with van der Waals surface area (Å²) in [5.41, 5.74) is 2.26. The zero-order valence-electron chi connectivity index (χ0n) is 10.8. The molecule has 4 nitrogen and oxygen atoms in total. The van der Waals surface area contributed by atoms with Crippen LogP contribution in [0.5, 0.6) is 0 Å². The van der Waals surface area contributed by atoms with Crippen molar-refractivity contribution in [3.8, 4) is 0 Å². The van der Waals surface area contributed by atoms with E-state index in [9.17, 15) is 0 Å². The largest absolute Gasteiger partial charge is 0.354 e. The van der Waals surface area contributed by atoms with Crippen molar-refractivity contribution < 1.29 is 0 Å². The van der Waals surface area contributed by atoms with Gasteiger partial charge in [0, 0.05) is 18.4 Å². The summed E-state index contributed by atoms with van der Waals surface area (Å²) in [5, 5.41) is 6.44. The topological polar surface area (TPSA) is 49.8 Å². The van der Waals surface area contributed by atoms with Crippen molar-refractivity contribution in [3.05, 3.63) is 42.1 Å². The predicted molar refractivity (Wildman–Crippen MR) is 75.3 cm³/mol. The summed E-state index contributed by atoms with van der Waals surface area (Å²) in [6.07, 6.45) is 2.81. The maximum absolute atomic E-state index is 4.40. The Balaban J connectivity index is 2.09. The lowest BCUT2D eigenvalue weighted by Crippen LogP contribution is -2.05. The van der Waals surface area contributed by atoms with Gasteiger partial charge in [-0.2, -0.15) is 4.98 Å². The molecule has 0 atom stereocenters. The minimum atomic E-state index is 0.662. The van der Waals surface area contributed by atoms with Gasteiger partial charge in [0.2, 0.25) is 5.95 Å². The summed E-state index contributed by atoms with van der Waals surface area (Å²) >= 11 is 0. The molecule has 18 heavy (non-hydrogen) atoms. The minimum absolute atomic E-state index is 0.662. The highest BCUT2D eigenvalue weighted by Crippen LogP contribution is 2.16. The second kappa shape index (κ2) is 6.00. The van der Waals surface area contributed by atoms with E-state index in [1.807, 2.05) is 18.2 Å². The monoisotopic (exact) mass is 242 g/mol. The molecule has 0 unspecified atom stereocenters. The van der Waals surface area contributed by atoms with Crippen molar-refractivity contribution in [2.24, 2.45) is 0 Å². The third-order valence-electron chi connectivity index (χ3n) is 2.48. The molecule has 0 aliphatic carbocycles. The third kappa shape index (κ3) is 3.45. The van der Waals surface area contributed by atoms with Gasteiger partial charge in [-0.3, -0.25) is 0 Å². The van der Waals surface area contributed by atoms with Gasteiger partial charge in [-0.1, -0.05) is 19.1 Å². The van der Waals surface area contributed by atoms with Crippen LogP contribution in [-0.2, 0) is 0 Å². The Morgan fingerprint density at radius 2 is 2.11 bits per heavy atom. The van der Waals surface area contributed by atoms with Crippen LogP contribution in [-0.4, -0.2) is 16.5 Å². The summed E-state index contributed by atoms with van der Waals surface area (Å²) in [7, 11) is 0. The maximum Gasteiger partial charge on any atom is 0.224 e. The quantitative estimate of drug-likeness (QED) is 0.844. The molecular weight excluding hydrogens is 224 g/mol. The van der Waals surface area contributed by atoms with Gasteiger partial charge in [0.15, 0.2) is 0 Å². The molecule has 1 aromatic carbocycles. The number of aryl methyl sites for hydroxylation is 1. The highest BCUT2D eigenvalue weighted by atomic mass is 15.1. The molecular formula is C14H18N4. The summed E-state index contributed by atoms with van der Waals surface area (Å²) in [5.74, 6) is 1.46. The first-order valence-corrected chi connectivity index (χ1v) is 6.18. The number of rotatable bonds is 5. The SMILES string of the molecule is CCCNc1nccc(Nc2cccc(C)c2)n1. The van der Waals surface area contributed by atoms with Crippen molar-refractivity contribution in [1.82, 2.24) is 9.97 Å². The van der Waals surface area contributed by atoms with E-state index in [4.69, 9.17) is 0 Å². The zero-order valence-corrected chi connectivity index (χ0v) is 10.8. The van der Waals surface area contributed by atoms with E-state index >= 15 is 0 Å². The fourth-order valence-corrected chi connectivity index (χ4v) is 1.62.